The number of aliphatic hydroxyl groups is 1. The van der Waals surface area contributed by atoms with Crippen molar-refractivity contribution >= 4 is 45.5 Å². The van der Waals surface area contributed by atoms with Crippen LogP contribution in [0.25, 0.3) is 0 Å². The number of carbonyl (C=O) groups is 3. The van der Waals surface area contributed by atoms with Crippen LogP contribution in [0.5, 0.6) is 0 Å². The van der Waals surface area contributed by atoms with Gasteiger partial charge in [0, 0.05) is 29.7 Å². The van der Waals surface area contributed by atoms with Crippen molar-refractivity contribution in [2.24, 2.45) is 11.8 Å². The van der Waals surface area contributed by atoms with Crippen molar-refractivity contribution in [2.75, 3.05) is 32.8 Å². The molecule has 3 heterocycles. The standard InChI is InChI=1S/C24H35BrN2O5S/c1-4-7-9-14-32-23(31)17-18-21(29)27(12-13-28)20(24(18)15-16(25)19(17)33-24)22(30)26(10-6-3)11-8-5-2/h4,6,16-20,28H,1,3,5,7-15H2,2H3/t16?,17-,18+,19-,20?,24?/m1/s1. The number of thioether (sulfide) groups is 1. The van der Waals surface area contributed by atoms with Gasteiger partial charge >= 0.3 is 5.97 Å². The molecule has 0 aromatic rings. The Bertz CT molecular complexity index is 780. The third-order valence-electron chi connectivity index (χ3n) is 6.88. The fourth-order valence-corrected chi connectivity index (χ4v) is 9.09. The first kappa shape index (κ1) is 26.3. The molecule has 6 atom stereocenters. The van der Waals surface area contributed by atoms with Gasteiger partial charge in [0.25, 0.3) is 0 Å². The average molecular weight is 544 g/mol. The van der Waals surface area contributed by atoms with Crippen LogP contribution in [-0.2, 0) is 19.1 Å². The van der Waals surface area contributed by atoms with E-state index in [1.54, 1.807) is 28.8 Å². The number of β-amino-alcohol motifs (C(OH)–C–C–N with tert-alkyl or cyclic N) is 1. The molecule has 0 aromatic carbocycles. The van der Waals surface area contributed by atoms with Crippen molar-refractivity contribution in [3.63, 3.8) is 0 Å². The van der Waals surface area contributed by atoms with E-state index < -0.39 is 22.6 Å². The molecule has 3 unspecified atom stereocenters. The van der Waals surface area contributed by atoms with E-state index >= 15 is 0 Å². The summed E-state index contributed by atoms with van der Waals surface area (Å²) in [5.74, 6) is -1.94. The minimum absolute atomic E-state index is 0.00477. The number of rotatable bonds is 13. The molecule has 2 bridgehead atoms. The van der Waals surface area contributed by atoms with Crippen LogP contribution in [0, 0.1) is 11.8 Å². The predicted molar refractivity (Wildman–Crippen MR) is 133 cm³/mol. The van der Waals surface area contributed by atoms with Gasteiger partial charge in [0.2, 0.25) is 11.8 Å². The first-order chi connectivity index (χ1) is 15.9. The Balaban J connectivity index is 1.93. The van der Waals surface area contributed by atoms with E-state index in [4.69, 9.17) is 4.74 Å². The topological polar surface area (TPSA) is 87.2 Å². The molecule has 3 rings (SSSR count). The quantitative estimate of drug-likeness (QED) is 0.166. The number of carbonyl (C=O) groups excluding carboxylic acids is 3. The molecule has 184 valence electrons. The van der Waals surface area contributed by atoms with Crippen molar-refractivity contribution in [3.8, 4) is 0 Å². The first-order valence-corrected chi connectivity index (χ1v) is 13.6. The number of hydrogen-bond acceptors (Lipinski definition) is 6. The summed E-state index contributed by atoms with van der Waals surface area (Å²) in [6.45, 7) is 10.6. The molecule has 33 heavy (non-hydrogen) atoms. The average Bonchev–Trinajstić information content (AvgIpc) is 3.38. The number of amides is 2. The number of unbranched alkanes of at least 4 members (excludes halogenated alkanes) is 2. The number of hydrogen-bond donors (Lipinski definition) is 1. The van der Waals surface area contributed by atoms with Gasteiger partial charge in [0.15, 0.2) is 0 Å². The Morgan fingerprint density at radius 2 is 2.12 bits per heavy atom. The molecule has 0 aliphatic carbocycles. The summed E-state index contributed by atoms with van der Waals surface area (Å²) in [7, 11) is 0. The third-order valence-corrected chi connectivity index (χ3v) is 10.1. The van der Waals surface area contributed by atoms with Crippen molar-refractivity contribution in [1.29, 1.82) is 0 Å². The number of ether oxygens (including phenoxy) is 1. The summed E-state index contributed by atoms with van der Waals surface area (Å²) in [5, 5.41) is 9.58. The highest BCUT2D eigenvalue weighted by molar-refractivity contribution is 9.09. The van der Waals surface area contributed by atoms with E-state index in [0.29, 0.717) is 25.9 Å². The van der Waals surface area contributed by atoms with Gasteiger partial charge in [-0.2, -0.15) is 0 Å². The van der Waals surface area contributed by atoms with E-state index in [1.165, 1.54) is 4.90 Å². The number of aliphatic hydroxyl groups excluding tert-OH is 1. The maximum atomic E-state index is 13.9. The van der Waals surface area contributed by atoms with Gasteiger partial charge < -0.3 is 19.6 Å². The Hall–Kier alpha value is -1.32. The van der Waals surface area contributed by atoms with Crippen molar-refractivity contribution < 1.29 is 24.2 Å². The minimum Gasteiger partial charge on any atom is -0.465 e. The largest absolute Gasteiger partial charge is 0.465 e. The van der Waals surface area contributed by atoms with Crippen LogP contribution < -0.4 is 0 Å². The number of allylic oxidation sites excluding steroid dienone is 1. The molecule has 7 nitrogen and oxygen atoms in total. The van der Waals surface area contributed by atoms with Crippen LogP contribution in [0.3, 0.4) is 0 Å². The van der Waals surface area contributed by atoms with Crippen LogP contribution in [0.2, 0.25) is 0 Å². The van der Waals surface area contributed by atoms with Crippen molar-refractivity contribution in [2.45, 2.75) is 59.9 Å². The fraction of sp³-hybridized carbons (Fsp3) is 0.708. The summed E-state index contributed by atoms with van der Waals surface area (Å²) in [6, 6.07) is -0.715. The van der Waals surface area contributed by atoms with Crippen LogP contribution in [0.1, 0.15) is 39.0 Å². The minimum atomic E-state index is -0.715. The zero-order valence-electron chi connectivity index (χ0n) is 19.3. The van der Waals surface area contributed by atoms with Crippen molar-refractivity contribution in [3.05, 3.63) is 25.3 Å². The lowest BCUT2D eigenvalue weighted by Crippen LogP contribution is -2.55. The summed E-state index contributed by atoms with van der Waals surface area (Å²) in [6.07, 6.45) is 7.33. The second-order valence-corrected chi connectivity index (χ2v) is 11.7. The number of nitrogens with zero attached hydrogens (tertiary/aromatic N) is 2. The molecule has 3 aliphatic heterocycles. The highest BCUT2D eigenvalue weighted by atomic mass is 79.9. The Morgan fingerprint density at radius 1 is 1.36 bits per heavy atom. The van der Waals surface area contributed by atoms with E-state index in [2.05, 4.69) is 36.0 Å². The Labute approximate surface area is 209 Å². The molecular weight excluding hydrogens is 508 g/mol. The number of esters is 1. The van der Waals surface area contributed by atoms with E-state index in [9.17, 15) is 19.5 Å². The van der Waals surface area contributed by atoms with E-state index in [0.717, 1.165) is 19.3 Å². The third kappa shape index (κ3) is 4.78. The zero-order chi connectivity index (χ0) is 24.2. The predicted octanol–water partition coefficient (Wildman–Crippen LogP) is 2.77. The first-order valence-electron chi connectivity index (χ1n) is 11.8. The number of likely N-dealkylation sites (tertiary alicyclic amines) is 1. The second kappa shape index (κ2) is 11.4. The van der Waals surface area contributed by atoms with Gasteiger partial charge in [0.1, 0.15) is 6.04 Å². The molecule has 3 saturated heterocycles. The maximum Gasteiger partial charge on any atom is 0.310 e. The van der Waals surface area contributed by atoms with Crippen LogP contribution >= 0.6 is 27.7 Å². The molecular formula is C24H35BrN2O5S. The fourth-order valence-electron chi connectivity index (χ4n) is 5.49. The summed E-state index contributed by atoms with van der Waals surface area (Å²) in [5.41, 5.74) is 0. The van der Waals surface area contributed by atoms with Gasteiger partial charge in [-0.1, -0.05) is 41.4 Å². The van der Waals surface area contributed by atoms with E-state index in [-0.39, 0.29) is 47.6 Å². The van der Waals surface area contributed by atoms with Crippen molar-refractivity contribution in [1.82, 2.24) is 9.80 Å². The zero-order valence-corrected chi connectivity index (χ0v) is 21.7. The smallest absolute Gasteiger partial charge is 0.310 e. The lowest BCUT2D eigenvalue weighted by molar-refractivity contribution is -0.154. The number of alkyl halides is 1. The molecule has 0 saturated carbocycles. The van der Waals surface area contributed by atoms with Gasteiger partial charge in [-0.15, -0.1) is 24.9 Å². The Kier molecular flexibility index (Phi) is 9.08. The monoisotopic (exact) mass is 542 g/mol. The van der Waals surface area contributed by atoms with Gasteiger partial charge in [-0.25, -0.2) is 0 Å². The lowest BCUT2D eigenvalue weighted by atomic mass is 9.71. The SMILES string of the molecule is C=CCCCOC(=O)[C@H]1[C@@H]2SC3(CC2Br)C(C(=O)N(CC=C)CCCC)N(CCO)C(=O)[C@H]13. The van der Waals surface area contributed by atoms with Crippen LogP contribution in [0.15, 0.2) is 25.3 Å². The molecule has 1 N–H and O–H groups in total. The highest BCUT2D eigenvalue weighted by Gasteiger charge is 2.76. The summed E-state index contributed by atoms with van der Waals surface area (Å²) in [4.78, 5) is 43.9. The number of fused-ring (bicyclic) bond motifs is 1. The van der Waals surface area contributed by atoms with Crippen LogP contribution in [0.4, 0.5) is 0 Å². The Morgan fingerprint density at radius 3 is 2.76 bits per heavy atom. The molecule has 3 aliphatic rings. The molecule has 1 spiro atoms. The molecule has 2 amide bonds. The lowest BCUT2D eigenvalue weighted by Gasteiger charge is -2.37. The van der Waals surface area contributed by atoms with E-state index in [1.807, 2.05) is 0 Å². The molecule has 0 aromatic heterocycles. The normalized spacial score (nSPS) is 32.0. The maximum absolute atomic E-state index is 13.9. The van der Waals surface area contributed by atoms with Gasteiger partial charge in [-0.05, 0) is 25.7 Å². The van der Waals surface area contributed by atoms with Gasteiger partial charge in [0.05, 0.1) is 29.8 Å². The molecule has 3 fully saturated rings. The highest BCUT2D eigenvalue weighted by Crippen LogP contribution is 2.67. The molecule has 0 radical (unpaired) electrons. The van der Waals surface area contributed by atoms with Crippen LogP contribution in [-0.4, -0.2) is 86.4 Å². The van der Waals surface area contributed by atoms with Gasteiger partial charge in [-0.3, -0.25) is 14.4 Å². The molecule has 9 heteroatoms. The second-order valence-electron chi connectivity index (χ2n) is 8.94. The summed E-state index contributed by atoms with van der Waals surface area (Å²) < 4.78 is 4.85. The summed E-state index contributed by atoms with van der Waals surface area (Å²) >= 11 is 5.32. The number of halogens is 1.